The van der Waals surface area contributed by atoms with Crippen molar-refractivity contribution >= 4 is 19.8 Å². The fraction of sp³-hybridized carbons (Fsp3) is 0.943. The summed E-state index contributed by atoms with van der Waals surface area (Å²) >= 11 is 0. The third kappa shape index (κ3) is 32.7. The molecule has 0 bridgehead atoms. The Morgan fingerprint density at radius 1 is 0.578 bits per heavy atom. The van der Waals surface area contributed by atoms with Crippen molar-refractivity contribution < 1.29 is 37.6 Å². The molecule has 10 heteroatoms. The minimum absolute atomic E-state index is 0.0576. The van der Waals surface area contributed by atoms with Crippen molar-refractivity contribution in [1.82, 2.24) is 0 Å². The zero-order valence-corrected chi connectivity index (χ0v) is 30.0. The largest absolute Gasteiger partial charge is 0.472 e. The maximum atomic E-state index is 12.5. The number of carbonyl (C=O) groups is 2. The van der Waals surface area contributed by atoms with Gasteiger partial charge in [-0.1, -0.05) is 155 Å². The quantitative estimate of drug-likeness (QED) is 0.0386. The summed E-state index contributed by atoms with van der Waals surface area (Å²) in [5.74, 6) is -0.821. The summed E-state index contributed by atoms with van der Waals surface area (Å²) in [7, 11) is -4.36. The van der Waals surface area contributed by atoms with E-state index in [-0.39, 0.29) is 38.6 Å². The van der Waals surface area contributed by atoms with Crippen molar-refractivity contribution in [2.75, 3.05) is 26.4 Å². The molecule has 1 unspecified atom stereocenters. The summed E-state index contributed by atoms with van der Waals surface area (Å²) in [5, 5.41) is 0. The van der Waals surface area contributed by atoms with E-state index in [4.69, 9.17) is 24.3 Å². The summed E-state index contributed by atoms with van der Waals surface area (Å²) in [6.07, 6.45) is 28.4. The first kappa shape index (κ1) is 44.0. The molecule has 0 aromatic rings. The van der Waals surface area contributed by atoms with Gasteiger partial charge >= 0.3 is 19.8 Å². The third-order valence-corrected chi connectivity index (χ3v) is 8.98. The zero-order chi connectivity index (χ0) is 33.3. The van der Waals surface area contributed by atoms with Crippen molar-refractivity contribution in [2.24, 2.45) is 5.73 Å². The Balaban J connectivity index is 4.20. The van der Waals surface area contributed by atoms with Crippen LogP contribution in [0.2, 0.25) is 0 Å². The van der Waals surface area contributed by atoms with E-state index in [0.717, 1.165) is 32.1 Å². The average molecular weight is 664 g/mol. The van der Waals surface area contributed by atoms with Gasteiger partial charge < -0.3 is 20.1 Å². The lowest BCUT2D eigenvalue weighted by atomic mass is 10.0. The maximum absolute atomic E-state index is 12.5. The number of phosphoric ester groups is 1. The molecule has 0 fully saturated rings. The van der Waals surface area contributed by atoms with Gasteiger partial charge in [0.25, 0.3) is 0 Å². The monoisotopic (exact) mass is 663 g/mol. The normalized spacial score (nSPS) is 13.4. The molecule has 3 N–H and O–H groups in total. The number of unbranched alkanes of at least 4 members (excludes halogenated alkanes) is 22. The molecule has 0 amide bonds. The van der Waals surface area contributed by atoms with Crippen LogP contribution in [0.3, 0.4) is 0 Å². The Hall–Kier alpha value is -0.990. The fourth-order valence-electron chi connectivity index (χ4n) is 5.22. The molecule has 45 heavy (non-hydrogen) atoms. The standard InChI is InChI=1S/C35H70NO8P/c1-3-5-7-9-11-13-15-16-18-19-21-23-25-27-34(37)41-31-33(32-43-45(39,40)42-30-29-36)44-35(38)28-26-24-22-20-17-14-12-10-8-6-4-2/h33H,3-32,36H2,1-2H3,(H,39,40)/t33-/m0/s1. The van der Waals surface area contributed by atoms with E-state index in [1.54, 1.807) is 0 Å². The second-order valence-corrected chi connectivity index (χ2v) is 13.9. The van der Waals surface area contributed by atoms with Crippen LogP contribution in [0.15, 0.2) is 0 Å². The maximum Gasteiger partial charge on any atom is 0.472 e. The molecular formula is C35H70NO8P. The summed E-state index contributed by atoms with van der Waals surface area (Å²) in [6, 6.07) is 0. The zero-order valence-electron chi connectivity index (χ0n) is 29.1. The molecule has 268 valence electrons. The van der Waals surface area contributed by atoms with Crippen molar-refractivity contribution in [3.63, 3.8) is 0 Å². The second-order valence-electron chi connectivity index (χ2n) is 12.5. The van der Waals surface area contributed by atoms with Crippen LogP contribution in [0.5, 0.6) is 0 Å². The minimum atomic E-state index is -4.36. The Bertz CT molecular complexity index is 724. The number of hydrogen-bond donors (Lipinski definition) is 2. The van der Waals surface area contributed by atoms with Gasteiger partial charge in [-0.2, -0.15) is 0 Å². The van der Waals surface area contributed by atoms with Crippen LogP contribution in [-0.4, -0.2) is 49.3 Å². The number of ether oxygens (including phenoxy) is 2. The summed E-state index contributed by atoms with van der Waals surface area (Å²) in [5.41, 5.74) is 5.32. The molecule has 0 heterocycles. The average Bonchev–Trinajstić information content (AvgIpc) is 3.02. The van der Waals surface area contributed by atoms with Crippen LogP contribution >= 0.6 is 7.82 Å². The number of rotatable bonds is 35. The summed E-state index contributed by atoms with van der Waals surface area (Å²) in [6.45, 7) is 3.73. The van der Waals surface area contributed by atoms with Crippen LogP contribution in [0, 0.1) is 0 Å². The molecule has 0 rings (SSSR count). The molecule has 0 spiro atoms. The lowest BCUT2D eigenvalue weighted by molar-refractivity contribution is -0.161. The van der Waals surface area contributed by atoms with Crippen LogP contribution in [0.25, 0.3) is 0 Å². The van der Waals surface area contributed by atoms with Gasteiger partial charge in [0.1, 0.15) is 6.61 Å². The van der Waals surface area contributed by atoms with E-state index >= 15 is 0 Å². The van der Waals surface area contributed by atoms with E-state index in [9.17, 15) is 19.0 Å². The predicted octanol–water partition coefficient (Wildman–Crippen LogP) is 9.72. The number of hydrogen-bond acceptors (Lipinski definition) is 8. The fourth-order valence-corrected chi connectivity index (χ4v) is 5.99. The van der Waals surface area contributed by atoms with E-state index < -0.39 is 26.5 Å². The van der Waals surface area contributed by atoms with Crippen molar-refractivity contribution in [3.8, 4) is 0 Å². The Kier molecular flexibility index (Phi) is 32.2. The number of phosphoric acid groups is 1. The SMILES string of the molecule is CCCCCCCCCCCCCCCC(=O)OC[C@@H](COP(=O)(O)OCCN)OC(=O)CCCCCCCCCCCCC. The molecule has 9 nitrogen and oxygen atoms in total. The van der Waals surface area contributed by atoms with E-state index in [2.05, 4.69) is 13.8 Å². The van der Waals surface area contributed by atoms with Crippen LogP contribution in [-0.2, 0) is 32.7 Å². The molecule has 0 aromatic carbocycles. The van der Waals surface area contributed by atoms with Gasteiger partial charge in [0.15, 0.2) is 6.10 Å². The van der Waals surface area contributed by atoms with Gasteiger partial charge in [-0.3, -0.25) is 18.6 Å². The molecule has 0 aliphatic rings. The number of nitrogens with two attached hydrogens (primary N) is 1. The first-order valence-corrected chi connectivity index (χ1v) is 20.0. The summed E-state index contributed by atoms with van der Waals surface area (Å²) in [4.78, 5) is 34.6. The van der Waals surface area contributed by atoms with E-state index in [1.165, 1.54) is 116 Å². The first-order valence-electron chi connectivity index (χ1n) is 18.5. The predicted molar refractivity (Wildman–Crippen MR) is 183 cm³/mol. The Morgan fingerprint density at radius 2 is 0.956 bits per heavy atom. The van der Waals surface area contributed by atoms with E-state index in [1.807, 2.05) is 0 Å². The second kappa shape index (κ2) is 32.9. The molecular weight excluding hydrogens is 593 g/mol. The van der Waals surface area contributed by atoms with Crippen LogP contribution < -0.4 is 5.73 Å². The topological polar surface area (TPSA) is 134 Å². The van der Waals surface area contributed by atoms with Crippen LogP contribution in [0.4, 0.5) is 0 Å². The van der Waals surface area contributed by atoms with Crippen LogP contribution in [0.1, 0.15) is 181 Å². The lowest BCUT2D eigenvalue weighted by Gasteiger charge is -2.19. The van der Waals surface area contributed by atoms with E-state index in [0.29, 0.717) is 6.42 Å². The Labute approximate surface area is 276 Å². The smallest absolute Gasteiger partial charge is 0.462 e. The van der Waals surface area contributed by atoms with Gasteiger partial charge in [-0.05, 0) is 12.8 Å². The molecule has 0 aromatic heterocycles. The van der Waals surface area contributed by atoms with Crippen molar-refractivity contribution in [3.05, 3.63) is 0 Å². The highest BCUT2D eigenvalue weighted by Crippen LogP contribution is 2.43. The lowest BCUT2D eigenvalue weighted by Crippen LogP contribution is -2.29. The molecule has 0 aliphatic carbocycles. The Morgan fingerprint density at radius 3 is 1.36 bits per heavy atom. The third-order valence-electron chi connectivity index (χ3n) is 7.99. The molecule has 0 radical (unpaired) electrons. The first-order chi connectivity index (χ1) is 21.8. The number of esters is 2. The molecule has 2 atom stereocenters. The van der Waals surface area contributed by atoms with Gasteiger partial charge in [-0.15, -0.1) is 0 Å². The highest BCUT2D eigenvalue weighted by molar-refractivity contribution is 7.47. The molecule has 0 saturated carbocycles. The molecule has 0 saturated heterocycles. The number of carbonyl (C=O) groups excluding carboxylic acids is 2. The summed E-state index contributed by atoms with van der Waals surface area (Å²) < 4.78 is 32.6. The highest BCUT2D eigenvalue weighted by atomic mass is 31.2. The van der Waals surface area contributed by atoms with Gasteiger partial charge in [0, 0.05) is 19.4 Å². The molecule has 0 aliphatic heterocycles. The van der Waals surface area contributed by atoms with Gasteiger partial charge in [0.05, 0.1) is 13.2 Å². The minimum Gasteiger partial charge on any atom is -0.462 e. The van der Waals surface area contributed by atoms with Gasteiger partial charge in [-0.25, -0.2) is 4.57 Å². The van der Waals surface area contributed by atoms with Crippen molar-refractivity contribution in [1.29, 1.82) is 0 Å². The van der Waals surface area contributed by atoms with Crippen molar-refractivity contribution in [2.45, 2.75) is 187 Å². The van der Waals surface area contributed by atoms with Gasteiger partial charge in [0.2, 0.25) is 0 Å². The highest BCUT2D eigenvalue weighted by Gasteiger charge is 2.25.